The average Bonchev–Trinajstić information content (AvgIpc) is 1.74. The van der Waals surface area contributed by atoms with E-state index in [1.54, 1.807) is 0 Å². The van der Waals surface area contributed by atoms with E-state index in [4.69, 9.17) is 5.11 Å². The van der Waals surface area contributed by atoms with Crippen LogP contribution >= 0.6 is 0 Å². The van der Waals surface area contributed by atoms with E-state index in [9.17, 15) is 13.2 Å². The van der Waals surface area contributed by atoms with Gasteiger partial charge in [0.05, 0.1) is 18.3 Å². The van der Waals surface area contributed by atoms with Gasteiger partial charge in [-0.1, -0.05) is 0 Å². The molecule has 0 saturated heterocycles. The molecule has 0 radical (unpaired) electrons. The number of carboxylic acids is 1. The van der Waals surface area contributed by atoms with Crippen LogP contribution in [0.4, 0.5) is 0 Å². The predicted octanol–water partition coefficient (Wildman–Crippen LogP) is -0.174. The molecular weight excluding hydrogens is 184 g/mol. The number of hydrogen-bond donors (Lipinski definition) is 1. The Hall–Kier alpha value is -0.620. The Balaban J connectivity index is 2.32. The summed E-state index contributed by atoms with van der Waals surface area (Å²) in [6.07, 6.45) is 1.12. The fourth-order valence-electron chi connectivity index (χ4n) is 1.09. The van der Waals surface area contributed by atoms with Crippen LogP contribution in [0.2, 0.25) is 0 Å². The normalized spacial score (nSPS) is 29.4. The fourth-order valence-corrected chi connectivity index (χ4v) is 1.74. The largest absolute Gasteiger partial charge is 0.481 e. The second-order valence-electron chi connectivity index (χ2n) is 2.93. The van der Waals surface area contributed by atoms with Gasteiger partial charge in [-0.2, -0.15) is 8.42 Å². The van der Waals surface area contributed by atoms with Crippen LogP contribution in [0.1, 0.15) is 12.8 Å². The summed E-state index contributed by atoms with van der Waals surface area (Å²) in [5, 5.41) is 8.44. The Morgan fingerprint density at radius 2 is 2.00 bits per heavy atom. The molecule has 1 rings (SSSR count). The van der Waals surface area contributed by atoms with Gasteiger partial charge in [0.2, 0.25) is 0 Å². The molecule has 12 heavy (non-hydrogen) atoms. The zero-order valence-electron chi connectivity index (χ0n) is 6.56. The first-order chi connectivity index (χ1) is 5.38. The Morgan fingerprint density at radius 1 is 1.50 bits per heavy atom. The quantitative estimate of drug-likeness (QED) is 0.630. The first-order valence-corrected chi connectivity index (χ1v) is 5.31. The van der Waals surface area contributed by atoms with Gasteiger partial charge in [-0.05, 0) is 12.8 Å². The van der Waals surface area contributed by atoms with Crippen molar-refractivity contribution in [3.05, 3.63) is 0 Å². The highest BCUT2D eigenvalue weighted by atomic mass is 32.2. The van der Waals surface area contributed by atoms with Gasteiger partial charge in [-0.15, -0.1) is 0 Å². The van der Waals surface area contributed by atoms with Crippen molar-refractivity contribution in [3.8, 4) is 0 Å². The molecule has 0 atom stereocenters. The smallest absolute Gasteiger partial charge is 0.306 e. The van der Waals surface area contributed by atoms with Gasteiger partial charge in [-0.25, -0.2) is 0 Å². The monoisotopic (exact) mass is 194 g/mol. The van der Waals surface area contributed by atoms with Crippen LogP contribution in [0, 0.1) is 5.92 Å². The summed E-state index contributed by atoms with van der Waals surface area (Å²) in [5.74, 6) is -1.32. The topological polar surface area (TPSA) is 80.7 Å². The van der Waals surface area contributed by atoms with Gasteiger partial charge in [0.25, 0.3) is 10.1 Å². The van der Waals surface area contributed by atoms with E-state index in [2.05, 4.69) is 4.18 Å². The molecule has 0 heterocycles. The highest BCUT2D eigenvalue weighted by Gasteiger charge is 2.37. The molecule has 0 aromatic carbocycles. The number of rotatable bonds is 3. The lowest BCUT2D eigenvalue weighted by Crippen LogP contribution is -2.37. The third-order valence-corrected chi connectivity index (χ3v) is 2.38. The molecule has 0 aromatic rings. The summed E-state index contributed by atoms with van der Waals surface area (Å²) in [7, 11) is -3.43. The van der Waals surface area contributed by atoms with Gasteiger partial charge < -0.3 is 5.11 Å². The molecule has 0 bridgehead atoms. The van der Waals surface area contributed by atoms with Crippen molar-refractivity contribution >= 4 is 16.1 Å². The summed E-state index contributed by atoms with van der Waals surface area (Å²) >= 11 is 0. The molecule has 70 valence electrons. The van der Waals surface area contributed by atoms with Crippen molar-refractivity contribution < 1.29 is 22.5 Å². The van der Waals surface area contributed by atoms with Crippen molar-refractivity contribution in [2.45, 2.75) is 18.9 Å². The lowest BCUT2D eigenvalue weighted by Gasteiger charge is -2.30. The van der Waals surface area contributed by atoms with Crippen LogP contribution in [0.15, 0.2) is 0 Å². The van der Waals surface area contributed by atoms with E-state index in [0.717, 1.165) is 6.26 Å². The van der Waals surface area contributed by atoms with Crippen molar-refractivity contribution in [1.82, 2.24) is 0 Å². The van der Waals surface area contributed by atoms with E-state index < -0.39 is 28.1 Å². The molecule has 5 nitrogen and oxygen atoms in total. The summed E-state index contributed by atoms with van der Waals surface area (Å²) in [5.41, 5.74) is 0. The molecule has 1 N–H and O–H groups in total. The molecule has 1 aliphatic carbocycles. The molecule has 0 aliphatic heterocycles. The van der Waals surface area contributed by atoms with E-state index in [-0.39, 0.29) is 0 Å². The van der Waals surface area contributed by atoms with Crippen LogP contribution in [0.3, 0.4) is 0 Å². The Morgan fingerprint density at radius 3 is 2.33 bits per heavy atom. The Labute approximate surface area is 70.5 Å². The van der Waals surface area contributed by atoms with Crippen molar-refractivity contribution in [1.29, 1.82) is 0 Å². The molecule has 0 aromatic heterocycles. The van der Waals surface area contributed by atoms with Crippen molar-refractivity contribution in [2.24, 2.45) is 5.92 Å². The highest BCUT2D eigenvalue weighted by Crippen LogP contribution is 2.30. The van der Waals surface area contributed by atoms with E-state index in [1.807, 2.05) is 0 Å². The van der Waals surface area contributed by atoms with Crippen molar-refractivity contribution in [2.75, 3.05) is 6.26 Å². The zero-order chi connectivity index (χ0) is 9.35. The Bertz CT molecular complexity index is 274. The minimum atomic E-state index is -3.43. The first-order valence-electron chi connectivity index (χ1n) is 3.49. The second-order valence-corrected chi connectivity index (χ2v) is 4.53. The number of carboxylic acid groups (broad SMARTS) is 1. The fraction of sp³-hybridized carbons (Fsp3) is 0.833. The van der Waals surface area contributed by atoms with Gasteiger partial charge in [0.1, 0.15) is 0 Å². The van der Waals surface area contributed by atoms with Crippen LogP contribution in [0.5, 0.6) is 0 Å². The van der Waals surface area contributed by atoms with E-state index >= 15 is 0 Å². The SMILES string of the molecule is CS(=O)(=O)O[C@H]1C[C@@H](C(=O)O)C1. The summed E-state index contributed by atoms with van der Waals surface area (Å²) < 4.78 is 25.6. The highest BCUT2D eigenvalue weighted by molar-refractivity contribution is 7.86. The maximum absolute atomic E-state index is 10.5. The molecule has 1 saturated carbocycles. The van der Waals surface area contributed by atoms with Gasteiger partial charge in [0, 0.05) is 0 Å². The van der Waals surface area contributed by atoms with Gasteiger partial charge in [-0.3, -0.25) is 8.98 Å². The number of carbonyl (C=O) groups is 1. The lowest BCUT2D eigenvalue weighted by molar-refractivity contribution is -0.147. The predicted molar refractivity (Wildman–Crippen MR) is 40.1 cm³/mol. The van der Waals surface area contributed by atoms with Crippen LogP contribution in [-0.2, 0) is 19.1 Å². The maximum Gasteiger partial charge on any atom is 0.306 e. The Kier molecular flexibility index (Phi) is 2.39. The van der Waals surface area contributed by atoms with Crippen LogP contribution in [-0.4, -0.2) is 31.9 Å². The minimum Gasteiger partial charge on any atom is -0.481 e. The average molecular weight is 194 g/mol. The lowest BCUT2D eigenvalue weighted by atomic mass is 9.83. The summed E-state index contributed by atoms with van der Waals surface area (Å²) in [4.78, 5) is 10.3. The first kappa shape index (κ1) is 9.47. The number of aliphatic carboxylic acids is 1. The third-order valence-electron chi connectivity index (χ3n) is 1.75. The molecule has 0 amide bonds. The summed E-state index contributed by atoms with van der Waals surface area (Å²) in [6.45, 7) is 0. The molecule has 1 aliphatic rings. The van der Waals surface area contributed by atoms with Gasteiger partial charge in [0.15, 0.2) is 0 Å². The molecule has 0 unspecified atom stereocenters. The molecular formula is C6H10O5S. The molecule has 6 heteroatoms. The molecule has 1 fully saturated rings. The minimum absolute atomic E-state index is 0.294. The van der Waals surface area contributed by atoms with E-state index in [0.29, 0.717) is 12.8 Å². The zero-order valence-corrected chi connectivity index (χ0v) is 7.37. The maximum atomic E-state index is 10.5. The van der Waals surface area contributed by atoms with Crippen LogP contribution in [0.25, 0.3) is 0 Å². The second kappa shape index (κ2) is 3.02. The standard InChI is InChI=1S/C6H10O5S/c1-12(9,10)11-5-2-4(3-5)6(7)8/h4-5H,2-3H2,1H3,(H,7,8)/t4-,5+. The van der Waals surface area contributed by atoms with E-state index in [1.165, 1.54) is 0 Å². The number of hydrogen-bond acceptors (Lipinski definition) is 4. The third kappa shape index (κ3) is 2.46. The summed E-state index contributed by atoms with van der Waals surface area (Å²) in [6, 6.07) is 0. The van der Waals surface area contributed by atoms with Gasteiger partial charge >= 0.3 is 5.97 Å². The molecule has 0 spiro atoms. The van der Waals surface area contributed by atoms with Crippen molar-refractivity contribution in [3.63, 3.8) is 0 Å². The van der Waals surface area contributed by atoms with Crippen LogP contribution < -0.4 is 0 Å².